The Bertz CT molecular complexity index is 1180. The van der Waals surface area contributed by atoms with E-state index in [1.807, 2.05) is 48.8 Å². The lowest BCUT2D eigenvalue weighted by Gasteiger charge is -2.36. The smallest absolute Gasteiger partial charge is 0.156 e. The molecule has 1 aromatic carbocycles. The highest BCUT2D eigenvalue weighted by Crippen LogP contribution is 2.22. The van der Waals surface area contributed by atoms with Crippen LogP contribution in [-0.4, -0.2) is 53.5 Å². The molecule has 0 atom stereocenters. The van der Waals surface area contributed by atoms with Crippen LogP contribution in [0.4, 0.5) is 17.3 Å². The summed E-state index contributed by atoms with van der Waals surface area (Å²) in [6.07, 6.45) is 9.76. The number of hydrogen-bond donors (Lipinski definition) is 1. The molecular weight excluding hydrogens is 410 g/mol. The highest BCUT2D eigenvalue weighted by molar-refractivity contribution is 6.05. The number of aliphatic imine (C=N–C) groups is 1. The van der Waals surface area contributed by atoms with Gasteiger partial charge in [0.05, 0.1) is 6.54 Å². The number of nitrogens with one attached hydrogen (secondary N) is 1. The Kier molecular flexibility index (Phi) is 6.10. The second kappa shape index (κ2) is 9.65. The Hall–Kier alpha value is -4.00. The predicted octanol–water partition coefficient (Wildman–Crippen LogP) is 4.14. The largest absolute Gasteiger partial charge is 0.368 e. The molecule has 7 heteroatoms. The van der Waals surface area contributed by atoms with Crippen molar-refractivity contribution in [2.75, 3.05) is 47.8 Å². The molecule has 33 heavy (non-hydrogen) atoms. The Morgan fingerprint density at radius 2 is 1.64 bits per heavy atom. The molecular formula is C26H27N7. The van der Waals surface area contributed by atoms with E-state index in [4.69, 9.17) is 9.97 Å². The molecule has 166 valence electrons. The van der Waals surface area contributed by atoms with Crippen LogP contribution >= 0.6 is 0 Å². The van der Waals surface area contributed by atoms with Gasteiger partial charge in [-0.1, -0.05) is 36.4 Å². The van der Waals surface area contributed by atoms with Crippen molar-refractivity contribution in [3.8, 4) is 0 Å². The minimum atomic E-state index is 0.676. The average Bonchev–Trinajstić information content (AvgIpc) is 3.28. The zero-order chi connectivity index (χ0) is 22.5. The van der Waals surface area contributed by atoms with Gasteiger partial charge in [-0.3, -0.25) is 9.98 Å². The van der Waals surface area contributed by atoms with Crippen molar-refractivity contribution in [3.05, 3.63) is 84.0 Å². The van der Waals surface area contributed by atoms with Crippen LogP contribution in [0.25, 0.3) is 12.2 Å². The van der Waals surface area contributed by atoms with E-state index in [9.17, 15) is 0 Å². The van der Waals surface area contributed by atoms with Crippen molar-refractivity contribution in [1.29, 1.82) is 0 Å². The monoisotopic (exact) mass is 437 g/mol. The molecule has 0 saturated carbocycles. The summed E-state index contributed by atoms with van der Waals surface area (Å²) in [5.74, 6) is 3.20. The number of amidine groups is 1. The zero-order valence-electron chi connectivity index (χ0n) is 18.7. The number of nitrogens with zero attached hydrogens (tertiary/aromatic N) is 6. The highest BCUT2D eigenvalue weighted by atomic mass is 15.3. The molecule has 0 unspecified atom stereocenters. The van der Waals surface area contributed by atoms with Crippen molar-refractivity contribution in [2.24, 2.45) is 4.99 Å². The molecule has 2 aliphatic rings. The quantitative estimate of drug-likeness (QED) is 0.647. The Labute approximate surface area is 194 Å². The van der Waals surface area contributed by atoms with Gasteiger partial charge in [0.1, 0.15) is 17.5 Å². The first-order chi connectivity index (χ1) is 16.2. The minimum absolute atomic E-state index is 0.676. The van der Waals surface area contributed by atoms with Crippen molar-refractivity contribution in [2.45, 2.75) is 6.92 Å². The summed E-state index contributed by atoms with van der Waals surface area (Å²) in [7, 11) is 0. The molecule has 0 radical (unpaired) electrons. The van der Waals surface area contributed by atoms with Gasteiger partial charge in [-0.2, -0.15) is 0 Å². The van der Waals surface area contributed by atoms with E-state index in [2.05, 4.69) is 62.4 Å². The summed E-state index contributed by atoms with van der Waals surface area (Å²) in [4.78, 5) is 23.0. The van der Waals surface area contributed by atoms with Crippen LogP contribution in [0.2, 0.25) is 0 Å². The maximum Gasteiger partial charge on any atom is 0.156 e. The Balaban J connectivity index is 1.37. The van der Waals surface area contributed by atoms with Crippen molar-refractivity contribution >= 4 is 35.3 Å². The minimum Gasteiger partial charge on any atom is -0.368 e. The van der Waals surface area contributed by atoms with Crippen molar-refractivity contribution < 1.29 is 0 Å². The molecule has 0 bridgehead atoms. The van der Waals surface area contributed by atoms with Gasteiger partial charge in [0.25, 0.3) is 0 Å². The molecule has 3 aromatic rings. The van der Waals surface area contributed by atoms with Gasteiger partial charge in [-0.15, -0.1) is 0 Å². The lowest BCUT2D eigenvalue weighted by atomic mass is 10.2. The van der Waals surface area contributed by atoms with E-state index in [-0.39, 0.29) is 0 Å². The average molecular weight is 438 g/mol. The standard InChI is InChI=1S/C26H27N7/c1-20-17-24(28-19-20)30-25-18-26(31-23(29-25)8-7-21-5-3-2-4-6-21)33-15-13-32(14-16-33)22-9-11-27-12-10-22/h2-12,17-18H,13-16,19H2,1H3,(H,28,29,30,31)/b8-7+. The first-order valence-corrected chi connectivity index (χ1v) is 11.2. The maximum atomic E-state index is 4.86. The third kappa shape index (κ3) is 5.26. The van der Waals surface area contributed by atoms with Crippen LogP contribution in [-0.2, 0) is 0 Å². The summed E-state index contributed by atoms with van der Waals surface area (Å²) in [5.41, 5.74) is 3.57. The predicted molar refractivity (Wildman–Crippen MR) is 136 cm³/mol. The fraction of sp³-hybridized carbons (Fsp3) is 0.231. The third-order valence-electron chi connectivity index (χ3n) is 5.72. The summed E-state index contributed by atoms with van der Waals surface area (Å²) < 4.78 is 0. The Morgan fingerprint density at radius 1 is 0.879 bits per heavy atom. The SMILES string of the molecule is CC1=CC(Nc2cc(N3CCN(c4ccncc4)CC3)nc(/C=C/c3ccccc3)n2)=NC1. The molecule has 1 saturated heterocycles. The summed E-state index contributed by atoms with van der Waals surface area (Å²) in [6.45, 7) is 6.46. The Morgan fingerprint density at radius 3 is 2.36 bits per heavy atom. The van der Waals surface area contributed by atoms with Crippen LogP contribution in [0.3, 0.4) is 0 Å². The molecule has 1 fully saturated rings. The second-order valence-electron chi connectivity index (χ2n) is 8.21. The number of pyridine rings is 1. The molecule has 0 aliphatic carbocycles. The first-order valence-electron chi connectivity index (χ1n) is 11.2. The number of rotatable bonds is 5. The summed E-state index contributed by atoms with van der Waals surface area (Å²) >= 11 is 0. The van der Waals surface area contributed by atoms with Gasteiger partial charge >= 0.3 is 0 Å². The number of hydrogen-bond acceptors (Lipinski definition) is 7. The van der Waals surface area contributed by atoms with Crippen LogP contribution in [0.15, 0.2) is 77.6 Å². The molecule has 5 rings (SSSR count). The van der Waals surface area contributed by atoms with E-state index >= 15 is 0 Å². The van der Waals surface area contributed by atoms with E-state index in [0.29, 0.717) is 5.82 Å². The van der Waals surface area contributed by atoms with E-state index in [0.717, 1.165) is 55.8 Å². The highest BCUT2D eigenvalue weighted by Gasteiger charge is 2.20. The molecule has 2 aliphatic heterocycles. The number of aromatic nitrogens is 3. The molecule has 7 nitrogen and oxygen atoms in total. The third-order valence-corrected chi connectivity index (χ3v) is 5.72. The number of piperazine rings is 1. The van der Waals surface area contributed by atoms with Crippen LogP contribution in [0.1, 0.15) is 18.3 Å². The molecule has 2 aromatic heterocycles. The first kappa shape index (κ1) is 20.9. The van der Waals surface area contributed by atoms with Crippen LogP contribution < -0.4 is 15.1 Å². The molecule has 1 N–H and O–H groups in total. The molecule has 0 amide bonds. The lowest BCUT2D eigenvalue weighted by Crippen LogP contribution is -2.47. The lowest BCUT2D eigenvalue weighted by molar-refractivity contribution is 0.646. The second-order valence-corrected chi connectivity index (χ2v) is 8.21. The molecule has 0 spiro atoms. The van der Waals surface area contributed by atoms with Gasteiger partial charge < -0.3 is 15.1 Å². The van der Waals surface area contributed by atoms with Crippen LogP contribution in [0, 0.1) is 0 Å². The summed E-state index contributed by atoms with van der Waals surface area (Å²) in [6, 6.07) is 16.3. The van der Waals surface area contributed by atoms with Gasteiger partial charge in [0, 0.05) is 50.3 Å². The maximum absolute atomic E-state index is 4.86. The topological polar surface area (TPSA) is 69.5 Å². The fourth-order valence-corrected chi connectivity index (χ4v) is 3.98. The molecule has 4 heterocycles. The van der Waals surface area contributed by atoms with Gasteiger partial charge in [-0.25, -0.2) is 9.97 Å². The fourth-order valence-electron chi connectivity index (χ4n) is 3.98. The normalized spacial score (nSPS) is 16.2. The number of anilines is 3. The van der Waals surface area contributed by atoms with E-state index < -0.39 is 0 Å². The zero-order valence-corrected chi connectivity index (χ0v) is 18.7. The van der Waals surface area contributed by atoms with E-state index in [1.165, 1.54) is 11.3 Å². The van der Waals surface area contributed by atoms with Crippen molar-refractivity contribution in [3.63, 3.8) is 0 Å². The van der Waals surface area contributed by atoms with Crippen molar-refractivity contribution in [1.82, 2.24) is 15.0 Å². The van der Waals surface area contributed by atoms with Crippen LogP contribution in [0.5, 0.6) is 0 Å². The van der Waals surface area contributed by atoms with Gasteiger partial charge in [-0.05, 0) is 42.3 Å². The number of benzene rings is 1. The summed E-state index contributed by atoms with van der Waals surface area (Å²) in [5, 5.41) is 3.37. The van der Waals surface area contributed by atoms with Gasteiger partial charge in [0.15, 0.2) is 5.82 Å². The van der Waals surface area contributed by atoms with Gasteiger partial charge in [0.2, 0.25) is 0 Å². The van der Waals surface area contributed by atoms with E-state index in [1.54, 1.807) is 0 Å².